The Hall–Kier alpha value is -3.29. The molecule has 198 valence electrons. The van der Waals surface area contributed by atoms with Crippen LogP contribution < -0.4 is 10.6 Å². The number of benzene rings is 2. The second-order valence-electron chi connectivity index (χ2n) is 9.80. The van der Waals surface area contributed by atoms with Gasteiger partial charge in [0.1, 0.15) is 11.4 Å². The first kappa shape index (κ1) is 26.8. The molecule has 0 bridgehead atoms. The summed E-state index contributed by atoms with van der Waals surface area (Å²) in [6, 6.07) is 14.9. The highest BCUT2D eigenvalue weighted by atomic mass is 19.4. The van der Waals surface area contributed by atoms with Crippen LogP contribution in [0.4, 0.5) is 19.0 Å². The van der Waals surface area contributed by atoms with Gasteiger partial charge in [-0.2, -0.15) is 18.3 Å². The summed E-state index contributed by atoms with van der Waals surface area (Å²) >= 11 is 0. The molecule has 2 heterocycles. The molecule has 0 saturated carbocycles. The second-order valence-corrected chi connectivity index (χ2v) is 9.80. The molecular weight excluding hydrogens is 477 g/mol. The van der Waals surface area contributed by atoms with E-state index in [1.54, 1.807) is 24.3 Å². The van der Waals surface area contributed by atoms with Gasteiger partial charge in [-0.15, -0.1) is 0 Å². The summed E-state index contributed by atoms with van der Waals surface area (Å²) in [5.41, 5.74) is 2.43. The Bertz CT molecular complexity index is 1180. The zero-order valence-electron chi connectivity index (χ0n) is 21.6. The maximum Gasteiger partial charge on any atom is 0.410 e. The highest BCUT2D eigenvalue weighted by Crippen LogP contribution is 2.44. The molecule has 0 fully saturated rings. The van der Waals surface area contributed by atoms with Crippen LogP contribution in [0.3, 0.4) is 0 Å². The summed E-state index contributed by atoms with van der Waals surface area (Å²) in [5, 5.41) is 10.4. The smallest absolute Gasteiger partial charge is 0.363 e. The van der Waals surface area contributed by atoms with E-state index >= 15 is 0 Å². The minimum atomic E-state index is -4.50. The monoisotopic (exact) mass is 512 g/mol. The van der Waals surface area contributed by atoms with Gasteiger partial charge in [0.2, 0.25) is 0 Å². The van der Waals surface area contributed by atoms with Crippen molar-refractivity contribution in [2.24, 2.45) is 0 Å². The number of rotatable bonds is 9. The van der Waals surface area contributed by atoms with Crippen molar-refractivity contribution < 1.29 is 18.0 Å². The number of carbonyl (C=O) groups is 1. The maximum absolute atomic E-state index is 14.0. The Balaban J connectivity index is 1.65. The second kappa shape index (κ2) is 11.0. The molecule has 1 aromatic heterocycles. The first-order chi connectivity index (χ1) is 17.7. The van der Waals surface area contributed by atoms with Crippen LogP contribution >= 0.6 is 0 Å². The van der Waals surface area contributed by atoms with Crippen LogP contribution in [0.2, 0.25) is 0 Å². The number of aromatic nitrogens is 2. The Morgan fingerprint density at radius 3 is 2.32 bits per heavy atom. The van der Waals surface area contributed by atoms with Crippen LogP contribution in [0, 0.1) is 0 Å². The lowest BCUT2D eigenvalue weighted by atomic mass is 9.83. The zero-order valence-corrected chi connectivity index (χ0v) is 21.6. The average Bonchev–Trinajstić information content (AvgIpc) is 3.34. The van der Waals surface area contributed by atoms with Crippen LogP contribution in [0.15, 0.2) is 60.8 Å². The normalized spacial score (nSPS) is 17.7. The minimum absolute atomic E-state index is 0.0935. The third-order valence-corrected chi connectivity index (χ3v) is 7.57. The van der Waals surface area contributed by atoms with Crippen molar-refractivity contribution in [2.75, 3.05) is 5.32 Å². The zero-order chi connectivity index (χ0) is 26.6. The van der Waals surface area contributed by atoms with Crippen LogP contribution in [-0.4, -0.2) is 21.9 Å². The van der Waals surface area contributed by atoms with Crippen LogP contribution in [0.1, 0.15) is 92.0 Å². The van der Waals surface area contributed by atoms with E-state index in [1.165, 1.54) is 11.8 Å². The third kappa shape index (κ3) is 5.53. The fourth-order valence-electron chi connectivity index (χ4n) is 5.20. The number of unbranched alkanes of at least 4 members (excludes halogenated alkanes) is 1. The molecule has 2 unspecified atom stereocenters. The molecule has 3 aromatic rings. The van der Waals surface area contributed by atoms with Gasteiger partial charge < -0.3 is 10.6 Å². The van der Waals surface area contributed by atoms with E-state index in [4.69, 9.17) is 0 Å². The van der Waals surface area contributed by atoms with E-state index in [9.17, 15) is 18.0 Å². The van der Waals surface area contributed by atoms with Crippen molar-refractivity contribution >= 4 is 11.7 Å². The lowest BCUT2D eigenvalue weighted by Crippen LogP contribution is -2.45. The number of anilines is 1. The van der Waals surface area contributed by atoms with E-state index in [2.05, 4.69) is 46.9 Å². The van der Waals surface area contributed by atoms with Crippen molar-refractivity contribution in [3.63, 3.8) is 0 Å². The average molecular weight is 513 g/mol. The van der Waals surface area contributed by atoms with E-state index in [0.29, 0.717) is 12.8 Å². The molecule has 37 heavy (non-hydrogen) atoms. The van der Waals surface area contributed by atoms with Gasteiger partial charge >= 0.3 is 6.18 Å². The highest BCUT2D eigenvalue weighted by molar-refractivity contribution is 5.99. The quantitative estimate of drug-likeness (QED) is 0.316. The van der Waals surface area contributed by atoms with E-state index in [1.807, 2.05) is 19.9 Å². The molecule has 2 N–H and O–H groups in total. The van der Waals surface area contributed by atoms with Gasteiger partial charge in [-0.25, -0.2) is 4.68 Å². The largest absolute Gasteiger partial charge is 0.410 e. The number of halogens is 3. The SMILES string of the molecule is CCCCc1ccc(C(CC)(CC)NC(=O)c2cnn3c2NC(c2ccccc2)CC3C(F)(F)F)cc1. The summed E-state index contributed by atoms with van der Waals surface area (Å²) in [4.78, 5) is 13.6. The highest BCUT2D eigenvalue weighted by Gasteiger charge is 2.47. The van der Waals surface area contributed by atoms with Gasteiger partial charge in [-0.05, 0) is 42.4 Å². The molecule has 1 amide bonds. The number of hydrogen-bond acceptors (Lipinski definition) is 3. The maximum atomic E-state index is 14.0. The number of hydrogen-bond donors (Lipinski definition) is 2. The van der Waals surface area contributed by atoms with E-state index in [0.717, 1.165) is 35.1 Å². The summed E-state index contributed by atoms with van der Waals surface area (Å²) in [6.07, 6.45) is 1.05. The molecule has 2 aromatic carbocycles. The third-order valence-electron chi connectivity index (χ3n) is 7.57. The number of amides is 1. The van der Waals surface area contributed by atoms with Crippen molar-refractivity contribution in [1.82, 2.24) is 15.1 Å². The van der Waals surface area contributed by atoms with Crippen LogP contribution in [0.25, 0.3) is 0 Å². The predicted octanol–water partition coefficient (Wildman–Crippen LogP) is 7.33. The minimum Gasteiger partial charge on any atom is -0.363 e. The number of aryl methyl sites for hydroxylation is 1. The summed E-state index contributed by atoms with van der Waals surface area (Å²) in [7, 11) is 0. The van der Waals surface area contributed by atoms with Gasteiger partial charge in [-0.3, -0.25) is 4.79 Å². The molecule has 0 saturated heterocycles. The molecule has 0 radical (unpaired) electrons. The lowest BCUT2D eigenvalue weighted by molar-refractivity contribution is -0.173. The number of alkyl halides is 3. The molecule has 5 nitrogen and oxygen atoms in total. The molecule has 2 atom stereocenters. The van der Waals surface area contributed by atoms with Crippen LogP contribution in [0.5, 0.6) is 0 Å². The van der Waals surface area contributed by atoms with E-state index in [-0.39, 0.29) is 17.8 Å². The van der Waals surface area contributed by atoms with Crippen LogP contribution in [-0.2, 0) is 12.0 Å². The number of nitrogens with zero attached hydrogens (tertiary/aromatic N) is 2. The fraction of sp³-hybridized carbons (Fsp3) is 0.448. The molecule has 1 aliphatic heterocycles. The Morgan fingerprint density at radius 1 is 1.05 bits per heavy atom. The standard InChI is InChI=1S/C29H35F3N4O/c1-4-7-11-20-14-16-22(17-15-20)28(5-2,6-3)35-27(37)23-19-33-36-25(29(30,31)32)18-24(34-26(23)36)21-12-9-8-10-13-21/h8-10,12-17,19,24-25,34H,4-7,11,18H2,1-3H3,(H,35,37). The number of fused-ring (bicyclic) bond motifs is 1. The first-order valence-corrected chi connectivity index (χ1v) is 13.1. The van der Waals surface area contributed by atoms with Crippen molar-refractivity contribution in [2.45, 2.75) is 83.1 Å². The van der Waals surface area contributed by atoms with E-state index < -0.39 is 29.7 Å². The van der Waals surface area contributed by atoms with Gasteiger partial charge in [0.05, 0.1) is 17.8 Å². The number of nitrogens with one attached hydrogen (secondary N) is 2. The lowest BCUT2D eigenvalue weighted by Gasteiger charge is -2.35. The summed E-state index contributed by atoms with van der Waals surface area (Å²) in [6.45, 7) is 6.17. The van der Waals surface area contributed by atoms with Gasteiger partial charge in [-0.1, -0.05) is 81.8 Å². The van der Waals surface area contributed by atoms with Gasteiger partial charge in [0.15, 0.2) is 6.04 Å². The predicted molar refractivity (Wildman–Crippen MR) is 140 cm³/mol. The number of carbonyl (C=O) groups excluding carboxylic acids is 1. The van der Waals surface area contributed by atoms with Crippen molar-refractivity contribution in [3.05, 3.63) is 83.0 Å². The Morgan fingerprint density at radius 2 is 1.73 bits per heavy atom. The first-order valence-electron chi connectivity index (χ1n) is 13.1. The summed E-state index contributed by atoms with van der Waals surface area (Å²) < 4.78 is 43.0. The van der Waals surface area contributed by atoms with Gasteiger partial charge in [0.25, 0.3) is 5.91 Å². The van der Waals surface area contributed by atoms with Gasteiger partial charge in [0, 0.05) is 6.42 Å². The van der Waals surface area contributed by atoms with Crippen molar-refractivity contribution in [3.8, 4) is 0 Å². The Kier molecular flexibility index (Phi) is 7.95. The molecule has 4 rings (SSSR count). The molecule has 0 aliphatic carbocycles. The topological polar surface area (TPSA) is 59.0 Å². The summed E-state index contributed by atoms with van der Waals surface area (Å²) in [5.74, 6) is -0.349. The molecular formula is C29H35F3N4O. The molecule has 1 aliphatic rings. The molecule has 0 spiro atoms. The van der Waals surface area contributed by atoms with Crippen molar-refractivity contribution in [1.29, 1.82) is 0 Å². The molecule has 8 heteroatoms. The fourth-order valence-corrected chi connectivity index (χ4v) is 5.20. The Labute approximate surface area is 216 Å².